The highest BCUT2D eigenvalue weighted by Crippen LogP contribution is 2.42. The van der Waals surface area contributed by atoms with Gasteiger partial charge in [-0.05, 0) is 39.3 Å². The second-order valence-electron chi connectivity index (χ2n) is 6.68. The van der Waals surface area contributed by atoms with E-state index in [0.29, 0.717) is 0 Å². The van der Waals surface area contributed by atoms with Crippen LogP contribution in [0.1, 0.15) is 45.5 Å². The molecule has 1 heterocycles. The summed E-state index contributed by atoms with van der Waals surface area (Å²) in [6.45, 7) is 7.46. The summed E-state index contributed by atoms with van der Waals surface area (Å²) >= 11 is 0. The Balaban J connectivity index is 2.38. The first-order valence-electron chi connectivity index (χ1n) is 7.45. The lowest BCUT2D eigenvalue weighted by molar-refractivity contribution is -0.140. The number of carbonyl (C=O) groups is 1. The Bertz CT molecular complexity index is 588. The van der Waals surface area contributed by atoms with E-state index in [1.54, 1.807) is 0 Å². The second-order valence-corrected chi connectivity index (χ2v) is 6.68. The van der Waals surface area contributed by atoms with Crippen molar-refractivity contribution < 1.29 is 27.6 Å². The van der Waals surface area contributed by atoms with E-state index in [2.05, 4.69) is 4.74 Å². The molecular weight excluding hydrogens is 305 g/mol. The highest BCUT2D eigenvalue weighted by molar-refractivity contribution is 6.48. The molecule has 126 valence electrons. The van der Waals surface area contributed by atoms with Crippen LogP contribution in [0, 0.1) is 11.6 Å². The van der Waals surface area contributed by atoms with Gasteiger partial charge in [-0.3, -0.25) is 4.79 Å². The smallest absolute Gasteiger partial charge is 0.466 e. The molecule has 0 saturated carbocycles. The van der Waals surface area contributed by atoms with Gasteiger partial charge in [-0.15, -0.1) is 0 Å². The van der Waals surface area contributed by atoms with Crippen LogP contribution in [0.5, 0.6) is 0 Å². The molecule has 0 amide bonds. The predicted molar refractivity (Wildman–Crippen MR) is 81.8 cm³/mol. The monoisotopic (exact) mass is 326 g/mol. The average Bonchev–Trinajstić information content (AvgIpc) is 2.65. The number of hydrogen-bond donors (Lipinski definition) is 0. The van der Waals surface area contributed by atoms with Crippen molar-refractivity contribution >= 4 is 13.1 Å². The Morgan fingerprint density at radius 1 is 1.22 bits per heavy atom. The van der Waals surface area contributed by atoms with Crippen molar-refractivity contribution in [1.82, 2.24) is 0 Å². The molecule has 1 fully saturated rings. The molecule has 0 spiro atoms. The normalized spacial score (nSPS) is 20.4. The second kappa shape index (κ2) is 6.21. The van der Waals surface area contributed by atoms with Crippen LogP contribution in [0.4, 0.5) is 8.78 Å². The molecule has 2 rings (SSSR count). The van der Waals surface area contributed by atoms with E-state index in [1.165, 1.54) is 13.2 Å². The molecular formula is C16H21BF2O4. The zero-order valence-electron chi connectivity index (χ0n) is 14.0. The first kappa shape index (κ1) is 17.9. The van der Waals surface area contributed by atoms with Crippen molar-refractivity contribution in [2.75, 3.05) is 7.11 Å². The molecule has 0 bridgehead atoms. The summed E-state index contributed by atoms with van der Waals surface area (Å²) in [6.07, 6.45) is -0.129. The van der Waals surface area contributed by atoms with Gasteiger partial charge in [0.05, 0.1) is 24.7 Å². The third-order valence-electron chi connectivity index (χ3n) is 4.58. The first-order chi connectivity index (χ1) is 10.6. The van der Waals surface area contributed by atoms with Gasteiger partial charge >= 0.3 is 13.1 Å². The highest BCUT2D eigenvalue weighted by Gasteiger charge is 2.54. The van der Waals surface area contributed by atoms with Crippen molar-refractivity contribution in [3.63, 3.8) is 0 Å². The zero-order valence-corrected chi connectivity index (χ0v) is 14.0. The molecule has 1 unspecified atom stereocenters. The average molecular weight is 326 g/mol. The number of rotatable bonds is 4. The van der Waals surface area contributed by atoms with Crippen LogP contribution in [0.25, 0.3) is 0 Å². The maximum atomic E-state index is 14.2. The molecule has 4 nitrogen and oxygen atoms in total. The number of ether oxygens (including phenoxy) is 1. The Morgan fingerprint density at radius 3 is 2.26 bits per heavy atom. The Morgan fingerprint density at radius 2 is 1.78 bits per heavy atom. The minimum Gasteiger partial charge on any atom is -0.469 e. The first-order valence-corrected chi connectivity index (χ1v) is 7.45. The van der Waals surface area contributed by atoms with Gasteiger partial charge < -0.3 is 14.0 Å². The number of esters is 1. The maximum absolute atomic E-state index is 14.2. The van der Waals surface area contributed by atoms with Crippen LogP contribution in [-0.4, -0.2) is 31.4 Å². The van der Waals surface area contributed by atoms with Crippen molar-refractivity contribution in [2.45, 2.75) is 51.1 Å². The molecule has 1 saturated heterocycles. The van der Waals surface area contributed by atoms with E-state index >= 15 is 0 Å². The third-order valence-corrected chi connectivity index (χ3v) is 4.58. The molecule has 1 atom stereocenters. The largest absolute Gasteiger partial charge is 0.469 e. The molecule has 0 aromatic heterocycles. The lowest BCUT2D eigenvalue weighted by atomic mass is 9.66. The van der Waals surface area contributed by atoms with Crippen LogP contribution >= 0.6 is 0 Å². The van der Waals surface area contributed by atoms with E-state index < -0.39 is 41.7 Å². The van der Waals surface area contributed by atoms with E-state index in [4.69, 9.17) is 9.31 Å². The minimum absolute atomic E-state index is 0.129. The van der Waals surface area contributed by atoms with Crippen LogP contribution in [0.15, 0.2) is 18.2 Å². The van der Waals surface area contributed by atoms with Gasteiger partial charge in [-0.25, -0.2) is 8.78 Å². The van der Waals surface area contributed by atoms with E-state index in [0.717, 1.165) is 12.1 Å². The Labute approximate surface area is 135 Å². The van der Waals surface area contributed by atoms with Crippen molar-refractivity contribution in [2.24, 2.45) is 0 Å². The summed E-state index contributed by atoms with van der Waals surface area (Å²) in [7, 11) is 0.420. The van der Waals surface area contributed by atoms with Crippen molar-refractivity contribution in [1.29, 1.82) is 0 Å². The molecule has 1 aromatic carbocycles. The Kier molecular flexibility index (Phi) is 4.82. The van der Waals surface area contributed by atoms with Gasteiger partial charge in [0, 0.05) is 11.9 Å². The lowest BCUT2D eigenvalue weighted by Gasteiger charge is -2.32. The van der Waals surface area contributed by atoms with Crippen LogP contribution < -0.4 is 0 Å². The van der Waals surface area contributed by atoms with E-state index in [1.807, 2.05) is 27.7 Å². The molecule has 0 radical (unpaired) electrons. The number of methoxy groups -OCH3 is 1. The van der Waals surface area contributed by atoms with Crippen LogP contribution in [0.2, 0.25) is 0 Å². The summed E-state index contributed by atoms with van der Waals surface area (Å²) in [4.78, 5) is 11.7. The van der Waals surface area contributed by atoms with E-state index in [9.17, 15) is 13.6 Å². The van der Waals surface area contributed by atoms with Gasteiger partial charge in [0.1, 0.15) is 11.6 Å². The lowest BCUT2D eigenvalue weighted by Crippen LogP contribution is -2.41. The van der Waals surface area contributed by atoms with Gasteiger partial charge in [-0.1, -0.05) is 6.07 Å². The summed E-state index contributed by atoms with van der Waals surface area (Å²) in [5.41, 5.74) is -1.08. The minimum atomic E-state index is -0.834. The molecule has 23 heavy (non-hydrogen) atoms. The summed E-state index contributed by atoms with van der Waals surface area (Å²) in [6, 6.07) is 3.24. The topological polar surface area (TPSA) is 44.8 Å². The summed E-state index contributed by atoms with van der Waals surface area (Å²) < 4.78 is 43.9. The fourth-order valence-electron chi connectivity index (χ4n) is 2.47. The maximum Gasteiger partial charge on any atom is 0.466 e. The number of benzene rings is 1. The standard InChI is InChI=1S/C16H21BF2O4/c1-15(2)16(3,4)23-17(22-15)12(9-14(20)21-5)11-7-6-10(18)8-13(11)19/h6-8,12H,9H2,1-5H3. The summed E-state index contributed by atoms with van der Waals surface area (Å²) in [5, 5.41) is 0. The van der Waals surface area contributed by atoms with Crippen molar-refractivity contribution in [3.8, 4) is 0 Å². The molecule has 7 heteroatoms. The highest BCUT2D eigenvalue weighted by atomic mass is 19.1. The molecule has 0 aliphatic carbocycles. The number of carbonyl (C=O) groups excluding carboxylic acids is 1. The number of halogens is 2. The van der Waals surface area contributed by atoms with Gasteiger partial charge in [0.15, 0.2) is 0 Å². The molecule has 0 N–H and O–H groups in total. The van der Waals surface area contributed by atoms with Crippen LogP contribution in [0.3, 0.4) is 0 Å². The Hall–Kier alpha value is -1.47. The van der Waals surface area contributed by atoms with Gasteiger partial charge in [0.2, 0.25) is 0 Å². The van der Waals surface area contributed by atoms with Crippen molar-refractivity contribution in [3.05, 3.63) is 35.4 Å². The third kappa shape index (κ3) is 3.56. The number of hydrogen-bond acceptors (Lipinski definition) is 4. The van der Waals surface area contributed by atoms with Gasteiger partial charge in [0.25, 0.3) is 0 Å². The SMILES string of the molecule is COC(=O)CC(B1OC(C)(C)C(C)(C)O1)c1ccc(F)cc1F. The quantitative estimate of drug-likeness (QED) is 0.629. The fourth-order valence-corrected chi connectivity index (χ4v) is 2.47. The zero-order chi connectivity index (χ0) is 17.4. The van der Waals surface area contributed by atoms with E-state index in [-0.39, 0.29) is 12.0 Å². The summed E-state index contributed by atoms with van der Waals surface area (Å²) in [5.74, 6) is -2.68. The van der Waals surface area contributed by atoms with Crippen LogP contribution in [-0.2, 0) is 18.8 Å². The molecule has 1 aliphatic heterocycles. The predicted octanol–water partition coefficient (Wildman–Crippen LogP) is 3.24. The van der Waals surface area contributed by atoms with Gasteiger partial charge in [-0.2, -0.15) is 0 Å². The molecule has 1 aromatic rings. The fraction of sp³-hybridized carbons (Fsp3) is 0.562. The molecule has 1 aliphatic rings.